The van der Waals surface area contributed by atoms with Crippen LogP contribution in [0.1, 0.15) is 31.4 Å². The van der Waals surface area contributed by atoms with Crippen LogP contribution in [0.3, 0.4) is 0 Å². The van der Waals surface area contributed by atoms with Crippen molar-refractivity contribution in [3.05, 3.63) is 29.3 Å². The van der Waals surface area contributed by atoms with Crippen LogP contribution in [0.15, 0.2) is 18.2 Å². The van der Waals surface area contributed by atoms with E-state index >= 15 is 0 Å². The van der Waals surface area contributed by atoms with Crippen molar-refractivity contribution in [1.29, 1.82) is 0 Å². The Labute approximate surface area is 104 Å². The number of carbonyl (C=O) groups excluding carboxylic acids is 1. The van der Waals surface area contributed by atoms with Crippen molar-refractivity contribution < 1.29 is 4.79 Å². The molecule has 0 aromatic heterocycles. The maximum atomic E-state index is 11.7. The molecule has 0 aliphatic carbocycles. The molecule has 0 fully saturated rings. The van der Waals surface area contributed by atoms with Crippen molar-refractivity contribution in [3.8, 4) is 0 Å². The van der Waals surface area contributed by atoms with Crippen LogP contribution in [0.4, 0.5) is 5.69 Å². The molecular weight excluding hydrogens is 212 g/mol. The van der Waals surface area contributed by atoms with Crippen LogP contribution in [-0.4, -0.2) is 18.5 Å². The summed E-state index contributed by atoms with van der Waals surface area (Å²) in [6.07, 6.45) is 1.02. The Bertz CT molecular complexity index is 388. The normalized spacial score (nSPS) is 12.2. The Hall–Kier alpha value is -1.35. The zero-order valence-corrected chi connectivity index (χ0v) is 11.1. The van der Waals surface area contributed by atoms with E-state index in [9.17, 15) is 4.79 Å². The van der Waals surface area contributed by atoms with Crippen molar-refractivity contribution in [2.45, 2.75) is 40.2 Å². The Morgan fingerprint density at radius 1 is 1.35 bits per heavy atom. The van der Waals surface area contributed by atoms with Gasteiger partial charge in [0, 0.05) is 11.7 Å². The second-order valence-corrected chi connectivity index (χ2v) is 4.49. The number of carbonyl (C=O) groups is 1. The number of nitrogens with one attached hydrogen (secondary N) is 2. The van der Waals surface area contributed by atoms with E-state index in [4.69, 9.17) is 0 Å². The Morgan fingerprint density at radius 2 is 2.06 bits per heavy atom. The third kappa shape index (κ3) is 4.19. The summed E-state index contributed by atoms with van der Waals surface area (Å²) in [5, 5.41) is 6.10. The molecule has 0 aliphatic rings. The van der Waals surface area contributed by atoms with E-state index in [0.717, 1.165) is 17.7 Å². The van der Waals surface area contributed by atoms with Gasteiger partial charge in [0.2, 0.25) is 5.91 Å². The first-order chi connectivity index (χ1) is 8.04. The highest BCUT2D eigenvalue weighted by atomic mass is 16.1. The van der Waals surface area contributed by atoms with Gasteiger partial charge in [-0.1, -0.05) is 19.1 Å². The number of rotatable bonds is 5. The molecule has 1 rings (SSSR count). The van der Waals surface area contributed by atoms with Crippen LogP contribution in [0.5, 0.6) is 0 Å². The Kier molecular flexibility index (Phi) is 5.16. The van der Waals surface area contributed by atoms with E-state index in [-0.39, 0.29) is 5.91 Å². The van der Waals surface area contributed by atoms with E-state index in [1.54, 1.807) is 0 Å². The standard InChI is InChI=1S/C14H22N2O/c1-5-11(3)15-9-14(17)16-13-8-6-7-10(2)12(13)4/h6-8,11,15H,5,9H2,1-4H3,(H,16,17). The highest BCUT2D eigenvalue weighted by Crippen LogP contribution is 2.17. The first-order valence-electron chi connectivity index (χ1n) is 6.14. The fraction of sp³-hybridized carbons (Fsp3) is 0.500. The predicted octanol–water partition coefficient (Wildman–Crippen LogP) is 2.63. The topological polar surface area (TPSA) is 41.1 Å². The van der Waals surface area contributed by atoms with E-state index in [1.165, 1.54) is 5.56 Å². The van der Waals surface area contributed by atoms with Crippen molar-refractivity contribution in [2.24, 2.45) is 0 Å². The molecule has 3 nitrogen and oxygen atoms in total. The lowest BCUT2D eigenvalue weighted by Crippen LogP contribution is -2.34. The number of hydrogen-bond acceptors (Lipinski definition) is 2. The van der Waals surface area contributed by atoms with Gasteiger partial charge in [-0.15, -0.1) is 0 Å². The average Bonchev–Trinajstić information content (AvgIpc) is 2.32. The number of amides is 1. The highest BCUT2D eigenvalue weighted by Gasteiger charge is 2.06. The molecule has 1 aromatic carbocycles. The maximum absolute atomic E-state index is 11.7. The van der Waals surface area contributed by atoms with Crippen LogP contribution in [0.25, 0.3) is 0 Å². The predicted molar refractivity (Wildman–Crippen MR) is 72.3 cm³/mol. The second kappa shape index (κ2) is 6.40. The molecule has 2 N–H and O–H groups in total. The first-order valence-corrected chi connectivity index (χ1v) is 6.14. The summed E-state index contributed by atoms with van der Waals surface area (Å²) >= 11 is 0. The van der Waals surface area contributed by atoms with Gasteiger partial charge < -0.3 is 10.6 Å². The van der Waals surface area contributed by atoms with Gasteiger partial charge in [-0.2, -0.15) is 0 Å². The fourth-order valence-electron chi connectivity index (χ4n) is 1.49. The molecule has 94 valence electrons. The Balaban J connectivity index is 2.54. The van der Waals surface area contributed by atoms with Crippen LogP contribution in [0.2, 0.25) is 0 Å². The van der Waals surface area contributed by atoms with E-state index in [0.29, 0.717) is 12.6 Å². The molecule has 0 saturated carbocycles. The van der Waals surface area contributed by atoms with E-state index < -0.39 is 0 Å². The lowest BCUT2D eigenvalue weighted by atomic mass is 10.1. The summed E-state index contributed by atoms with van der Waals surface area (Å²) < 4.78 is 0. The Morgan fingerprint density at radius 3 is 2.71 bits per heavy atom. The first kappa shape index (κ1) is 13.7. The summed E-state index contributed by atoms with van der Waals surface area (Å²) in [6.45, 7) is 8.60. The van der Waals surface area contributed by atoms with Crippen molar-refractivity contribution in [1.82, 2.24) is 5.32 Å². The summed E-state index contributed by atoms with van der Waals surface area (Å²) in [4.78, 5) is 11.7. The molecule has 0 aliphatic heterocycles. The number of aryl methyl sites for hydroxylation is 1. The molecule has 0 bridgehead atoms. The lowest BCUT2D eigenvalue weighted by Gasteiger charge is -2.13. The van der Waals surface area contributed by atoms with Crippen molar-refractivity contribution in [2.75, 3.05) is 11.9 Å². The van der Waals surface area contributed by atoms with Gasteiger partial charge in [0.25, 0.3) is 0 Å². The molecule has 0 spiro atoms. The monoisotopic (exact) mass is 234 g/mol. The van der Waals surface area contributed by atoms with Crippen LogP contribution in [0, 0.1) is 13.8 Å². The number of benzene rings is 1. The second-order valence-electron chi connectivity index (χ2n) is 4.49. The minimum Gasteiger partial charge on any atom is -0.325 e. The molecule has 1 amide bonds. The zero-order chi connectivity index (χ0) is 12.8. The molecule has 1 unspecified atom stereocenters. The third-order valence-corrected chi connectivity index (χ3v) is 3.10. The molecule has 17 heavy (non-hydrogen) atoms. The van der Waals surface area contributed by atoms with Crippen LogP contribution >= 0.6 is 0 Å². The van der Waals surface area contributed by atoms with Gasteiger partial charge in [0.1, 0.15) is 0 Å². The molecule has 0 radical (unpaired) electrons. The summed E-state index contributed by atoms with van der Waals surface area (Å²) in [5.74, 6) is 0.0130. The maximum Gasteiger partial charge on any atom is 0.238 e. The minimum absolute atomic E-state index is 0.0130. The van der Waals surface area contributed by atoms with Gasteiger partial charge in [-0.05, 0) is 44.4 Å². The minimum atomic E-state index is 0.0130. The lowest BCUT2D eigenvalue weighted by molar-refractivity contribution is -0.115. The van der Waals surface area contributed by atoms with Gasteiger partial charge in [-0.3, -0.25) is 4.79 Å². The largest absolute Gasteiger partial charge is 0.325 e. The quantitative estimate of drug-likeness (QED) is 0.822. The third-order valence-electron chi connectivity index (χ3n) is 3.10. The van der Waals surface area contributed by atoms with Crippen LogP contribution < -0.4 is 10.6 Å². The fourth-order valence-corrected chi connectivity index (χ4v) is 1.49. The van der Waals surface area contributed by atoms with E-state index in [2.05, 4.69) is 24.5 Å². The van der Waals surface area contributed by atoms with Gasteiger partial charge in [0.05, 0.1) is 6.54 Å². The molecule has 1 atom stereocenters. The zero-order valence-electron chi connectivity index (χ0n) is 11.1. The van der Waals surface area contributed by atoms with Gasteiger partial charge in [-0.25, -0.2) is 0 Å². The summed E-state index contributed by atoms with van der Waals surface area (Å²) in [6, 6.07) is 6.31. The van der Waals surface area contributed by atoms with Crippen molar-refractivity contribution in [3.63, 3.8) is 0 Å². The molecule has 0 heterocycles. The average molecular weight is 234 g/mol. The smallest absolute Gasteiger partial charge is 0.238 e. The summed E-state index contributed by atoms with van der Waals surface area (Å²) in [5.41, 5.74) is 3.23. The SMILES string of the molecule is CCC(C)NCC(=O)Nc1cccc(C)c1C. The van der Waals surface area contributed by atoms with Gasteiger partial charge >= 0.3 is 0 Å². The van der Waals surface area contributed by atoms with Crippen molar-refractivity contribution >= 4 is 11.6 Å². The molecule has 3 heteroatoms. The van der Waals surface area contributed by atoms with E-state index in [1.807, 2.05) is 32.0 Å². The molecule has 0 saturated heterocycles. The van der Waals surface area contributed by atoms with Crippen LogP contribution in [-0.2, 0) is 4.79 Å². The molecule has 1 aromatic rings. The highest BCUT2D eigenvalue weighted by molar-refractivity contribution is 5.93. The summed E-state index contributed by atoms with van der Waals surface area (Å²) in [7, 11) is 0. The molecular formula is C14H22N2O. The number of anilines is 1. The number of hydrogen-bond donors (Lipinski definition) is 2. The van der Waals surface area contributed by atoms with Gasteiger partial charge in [0.15, 0.2) is 0 Å².